The third-order valence-corrected chi connectivity index (χ3v) is 4.76. The summed E-state index contributed by atoms with van der Waals surface area (Å²) in [6.45, 7) is 6.51. The third kappa shape index (κ3) is 4.11. The van der Waals surface area contributed by atoms with Crippen LogP contribution in [0.25, 0.3) is 11.4 Å². The van der Waals surface area contributed by atoms with Gasteiger partial charge in [0.15, 0.2) is 11.5 Å². The van der Waals surface area contributed by atoms with Gasteiger partial charge in [-0.25, -0.2) is 4.98 Å². The fourth-order valence-electron chi connectivity index (χ4n) is 3.07. The molecule has 3 rings (SSSR count). The Morgan fingerprint density at radius 2 is 1.52 bits per heavy atom. The molecule has 0 radical (unpaired) electrons. The highest BCUT2D eigenvalue weighted by Crippen LogP contribution is 2.38. The number of ketones is 1. The van der Waals surface area contributed by atoms with Crippen molar-refractivity contribution in [2.24, 2.45) is 0 Å². The zero-order valence-electron chi connectivity index (χ0n) is 17.6. The molecule has 6 heteroatoms. The van der Waals surface area contributed by atoms with E-state index in [-0.39, 0.29) is 11.2 Å². The van der Waals surface area contributed by atoms with Gasteiger partial charge in [0.2, 0.25) is 11.5 Å². The Bertz CT molecular complexity index is 989. The maximum Gasteiger partial charge on any atom is 0.213 e. The molecule has 0 aliphatic heterocycles. The highest BCUT2D eigenvalue weighted by Gasteiger charge is 2.20. The summed E-state index contributed by atoms with van der Waals surface area (Å²) in [4.78, 5) is 20.6. The summed E-state index contributed by atoms with van der Waals surface area (Å²) in [5.41, 5.74) is 2.95. The van der Waals surface area contributed by atoms with Crippen LogP contribution in [0, 0.1) is 0 Å². The minimum atomic E-state index is -0.238. The number of carbonyl (C=O) groups is 1. The average molecular weight is 394 g/mol. The Kier molecular flexibility index (Phi) is 5.64. The van der Waals surface area contributed by atoms with Crippen LogP contribution in [0.3, 0.4) is 0 Å². The van der Waals surface area contributed by atoms with Gasteiger partial charge in [-0.05, 0) is 23.1 Å². The van der Waals surface area contributed by atoms with Crippen LogP contribution < -0.4 is 14.2 Å². The molecule has 0 saturated heterocycles. The topological polar surface area (TPSA) is 73.4 Å². The number of aromatic amines is 1. The van der Waals surface area contributed by atoms with E-state index in [1.807, 2.05) is 12.1 Å². The minimum absolute atomic E-state index is 0.0787. The normalized spacial score (nSPS) is 11.2. The van der Waals surface area contributed by atoms with Crippen molar-refractivity contribution in [1.29, 1.82) is 0 Å². The molecular weight excluding hydrogens is 368 g/mol. The number of hydrogen-bond donors (Lipinski definition) is 1. The molecular formula is C23H26N2O4. The Hall–Kier alpha value is -3.28. The number of methoxy groups -OCH3 is 3. The van der Waals surface area contributed by atoms with Crippen molar-refractivity contribution < 1.29 is 19.0 Å². The summed E-state index contributed by atoms with van der Waals surface area (Å²) in [7, 11) is 4.55. The number of rotatable bonds is 6. The van der Waals surface area contributed by atoms with Crippen LogP contribution in [0.5, 0.6) is 17.2 Å². The van der Waals surface area contributed by atoms with E-state index in [1.54, 1.807) is 18.3 Å². The lowest BCUT2D eigenvalue weighted by Gasteiger charge is -2.18. The van der Waals surface area contributed by atoms with E-state index in [1.165, 1.54) is 26.9 Å². The number of imidazole rings is 1. The molecule has 0 spiro atoms. The van der Waals surface area contributed by atoms with Crippen molar-refractivity contribution >= 4 is 5.78 Å². The maximum atomic E-state index is 13.0. The highest BCUT2D eigenvalue weighted by atomic mass is 16.5. The van der Waals surface area contributed by atoms with E-state index in [4.69, 9.17) is 14.2 Å². The second kappa shape index (κ2) is 7.99. The van der Waals surface area contributed by atoms with E-state index in [0.29, 0.717) is 34.3 Å². The van der Waals surface area contributed by atoms with Crippen molar-refractivity contribution in [3.05, 3.63) is 59.4 Å². The van der Waals surface area contributed by atoms with Crippen LogP contribution >= 0.6 is 0 Å². The molecule has 152 valence electrons. The molecule has 6 nitrogen and oxygen atoms in total. The van der Waals surface area contributed by atoms with Crippen molar-refractivity contribution in [3.8, 4) is 28.6 Å². The first-order valence-electron chi connectivity index (χ1n) is 9.29. The summed E-state index contributed by atoms with van der Waals surface area (Å²) in [5.74, 6) is 1.68. The van der Waals surface area contributed by atoms with Crippen LogP contribution in [0.2, 0.25) is 0 Å². The number of benzene rings is 2. The maximum absolute atomic E-state index is 13.0. The quantitative estimate of drug-likeness (QED) is 0.617. The van der Waals surface area contributed by atoms with Gasteiger partial charge in [-0.15, -0.1) is 0 Å². The minimum Gasteiger partial charge on any atom is -0.493 e. The molecule has 1 aromatic heterocycles. The van der Waals surface area contributed by atoms with Crippen LogP contribution in [-0.2, 0) is 5.41 Å². The Morgan fingerprint density at radius 3 is 2.00 bits per heavy atom. The summed E-state index contributed by atoms with van der Waals surface area (Å²) in [6, 6.07) is 11.4. The number of H-pyrrole nitrogens is 1. The molecule has 3 aromatic rings. The Balaban J connectivity index is 1.92. The fraction of sp³-hybridized carbons (Fsp3) is 0.304. The number of nitrogens with one attached hydrogen (secondary N) is 1. The Morgan fingerprint density at radius 1 is 0.931 bits per heavy atom. The van der Waals surface area contributed by atoms with Gasteiger partial charge < -0.3 is 19.2 Å². The van der Waals surface area contributed by atoms with Gasteiger partial charge in [0.1, 0.15) is 11.5 Å². The zero-order chi connectivity index (χ0) is 21.2. The number of aromatic nitrogens is 2. The second-order valence-corrected chi connectivity index (χ2v) is 7.70. The first-order valence-corrected chi connectivity index (χ1v) is 9.29. The summed E-state index contributed by atoms with van der Waals surface area (Å²) < 4.78 is 16.0. The highest BCUT2D eigenvalue weighted by molar-refractivity contribution is 6.08. The number of ether oxygens (including phenoxy) is 3. The molecule has 0 fully saturated rings. The lowest BCUT2D eigenvalue weighted by molar-refractivity contribution is 0.103. The zero-order valence-corrected chi connectivity index (χ0v) is 17.6. The molecule has 0 amide bonds. The van der Waals surface area contributed by atoms with Crippen molar-refractivity contribution in [2.75, 3.05) is 21.3 Å². The first kappa shape index (κ1) is 20.5. The lowest BCUT2D eigenvalue weighted by atomic mass is 9.87. The molecule has 1 N–H and O–H groups in total. The van der Waals surface area contributed by atoms with Crippen LogP contribution in [0.15, 0.2) is 42.6 Å². The molecule has 0 bridgehead atoms. The monoisotopic (exact) mass is 394 g/mol. The number of nitrogens with zero attached hydrogens (tertiary/aromatic N) is 1. The molecule has 0 atom stereocenters. The van der Waals surface area contributed by atoms with E-state index >= 15 is 0 Å². The third-order valence-electron chi connectivity index (χ3n) is 4.76. The first-order chi connectivity index (χ1) is 13.8. The molecule has 0 aliphatic rings. The fourth-order valence-corrected chi connectivity index (χ4v) is 3.07. The van der Waals surface area contributed by atoms with Gasteiger partial charge in [0.25, 0.3) is 0 Å². The van der Waals surface area contributed by atoms with Crippen molar-refractivity contribution in [2.45, 2.75) is 26.2 Å². The summed E-state index contributed by atoms with van der Waals surface area (Å²) in [5, 5.41) is 0. The Labute approximate surface area is 170 Å². The van der Waals surface area contributed by atoms with Crippen molar-refractivity contribution in [1.82, 2.24) is 9.97 Å². The van der Waals surface area contributed by atoms with Gasteiger partial charge in [0, 0.05) is 17.3 Å². The van der Waals surface area contributed by atoms with E-state index < -0.39 is 0 Å². The van der Waals surface area contributed by atoms with Gasteiger partial charge in [-0.3, -0.25) is 4.79 Å². The van der Waals surface area contributed by atoms with Gasteiger partial charge >= 0.3 is 0 Å². The van der Waals surface area contributed by atoms with Crippen molar-refractivity contribution in [3.63, 3.8) is 0 Å². The second-order valence-electron chi connectivity index (χ2n) is 7.70. The SMILES string of the molecule is COc1cc(C(=O)c2c[nH]c(-c3ccc(C(C)(C)C)cc3)n2)cc(OC)c1OC. The molecule has 1 heterocycles. The summed E-state index contributed by atoms with van der Waals surface area (Å²) >= 11 is 0. The predicted octanol–water partition coefficient (Wildman–Crippen LogP) is 4.63. The molecule has 0 aliphatic carbocycles. The smallest absolute Gasteiger partial charge is 0.213 e. The van der Waals surface area contributed by atoms with Crippen LogP contribution in [0.4, 0.5) is 0 Å². The van der Waals surface area contributed by atoms with Gasteiger partial charge in [-0.1, -0.05) is 45.0 Å². The van der Waals surface area contributed by atoms with Crippen LogP contribution in [-0.4, -0.2) is 37.1 Å². The average Bonchev–Trinajstić information content (AvgIpc) is 3.21. The molecule has 0 saturated carbocycles. The van der Waals surface area contributed by atoms with Gasteiger partial charge in [0.05, 0.1) is 21.3 Å². The molecule has 29 heavy (non-hydrogen) atoms. The standard InChI is InChI=1S/C23H26N2O4/c1-23(2,3)16-9-7-14(8-10-16)22-24-13-17(25-22)20(26)15-11-18(27-4)21(29-6)19(12-15)28-5/h7-13H,1-6H3,(H,24,25). The van der Waals surface area contributed by atoms with E-state index in [9.17, 15) is 4.79 Å². The number of carbonyl (C=O) groups excluding carboxylic acids is 1. The van der Waals surface area contributed by atoms with E-state index in [2.05, 4.69) is 42.9 Å². The predicted molar refractivity (Wildman–Crippen MR) is 112 cm³/mol. The largest absolute Gasteiger partial charge is 0.493 e. The lowest BCUT2D eigenvalue weighted by Crippen LogP contribution is -2.10. The van der Waals surface area contributed by atoms with Gasteiger partial charge in [-0.2, -0.15) is 0 Å². The molecule has 0 unspecified atom stereocenters. The molecule has 2 aromatic carbocycles. The van der Waals surface area contributed by atoms with Crippen LogP contribution in [0.1, 0.15) is 42.4 Å². The van der Waals surface area contributed by atoms with E-state index in [0.717, 1.165) is 5.56 Å². The number of hydrogen-bond acceptors (Lipinski definition) is 5. The summed E-state index contributed by atoms with van der Waals surface area (Å²) in [6.07, 6.45) is 1.61.